The smallest absolute Gasteiger partial charge is 0.268 e. The Morgan fingerprint density at radius 1 is 1.20 bits per heavy atom. The Kier molecular flexibility index (Phi) is 4.25. The van der Waals surface area contributed by atoms with E-state index >= 15 is 0 Å². The third-order valence-corrected chi connectivity index (χ3v) is 3.24. The first-order valence-corrected chi connectivity index (χ1v) is 6.57. The molecule has 2 rings (SSSR count). The van der Waals surface area contributed by atoms with Gasteiger partial charge >= 0.3 is 6.18 Å². The van der Waals surface area contributed by atoms with Crippen molar-refractivity contribution in [1.29, 1.82) is 0 Å². The summed E-state index contributed by atoms with van der Waals surface area (Å²) in [5, 5.41) is 7.67. The molecule has 0 bridgehead atoms. The summed E-state index contributed by atoms with van der Waals surface area (Å²) >= 11 is 11.9. The first-order chi connectivity index (χ1) is 9.34. The van der Waals surface area contributed by atoms with Crippen LogP contribution in [0.5, 0.6) is 0 Å². The van der Waals surface area contributed by atoms with Crippen LogP contribution in [-0.4, -0.2) is 14.8 Å². The van der Waals surface area contributed by atoms with Gasteiger partial charge in [-0.3, -0.25) is 4.57 Å². The van der Waals surface area contributed by atoms with Gasteiger partial charge in [-0.2, -0.15) is 13.2 Å². The maximum Gasteiger partial charge on any atom is 0.416 e. The zero-order chi connectivity index (χ0) is 14.9. The number of hydrogen-bond donors (Lipinski definition) is 0. The van der Waals surface area contributed by atoms with E-state index in [1.807, 2.05) is 6.92 Å². The Hall–Kier alpha value is -1.27. The van der Waals surface area contributed by atoms with E-state index in [4.69, 9.17) is 23.2 Å². The molecular formula is C12H10Cl2F3N3. The average molecular weight is 324 g/mol. The Bertz CT molecular complexity index is 623. The van der Waals surface area contributed by atoms with E-state index in [1.165, 1.54) is 10.6 Å². The number of benzene rings is 1. The molecule has 0 atom stereocenters. The first kappa shape index (κ1) is 15.1. The molecule has 0 fully saturated rings. The lowest BCUT2D eigenvalue weighted by atomic mass is 10.2. The molecule has 108 valence electrons. The van der Waals surface area contributed by atoms with E-state index in [0.717, 1.165) is 18.6 Å². The second kappa shape index (κ2) is 5.61. The zero-order valence-corrected chi connectivity index (χ0v) is 11.9. The highest BCUT2D eigenvalue weighted by atomic mass is 35.5. The van der Waals surface area contributed by atoms with Crippen LogP contribution >= 0.6 is 23.2 Å². The largest absolute Gasteiger partial charge is 0.416 e. The molecule has 8 heteroatoms. The van der Waals surface area contributed by atoms with Crippen molar-refractivity contribution in [3.8, 4) is 5.69 Å². The van der Waals surface area contributed by atoms with Crippen LogP contribution in [0.3, 0.4) is 0 Å². The summed E-state index contributed by atoms with van der Waals surface area (Å²) in [4.78, 5) is 0. The highest BCUT2D eigenvalue weighted by Crippen LogP contribution is 2.34. The predicted molar refractivity (Wildman–Crippen MR) is 70.4 cm³/mol. The van der Waals surface area contributed by atoms with Crippen LogP contribution in [-0.2, 0) is 12.6 Å². The van der Waals surface area contributed by atoms with E-state index < -0.39 is 11.7 Å². The molecule has 0 aliphatic carbocycles. The third kappa shape index (κ3) is 2.91. The van der Waals surface area contributed by atoms with E-state index in [1.54, 1.807) is 0 Å². The van der Waals surface area contributed by atoms with Crippen molar-refractivity contribution in [2.24, 2.45) is 0 Å². The van der Waals surface area contributed by atoms with Gasteiger partial charge in [-0.05, 0) is 36.2 Å². The van der Waals surface area contributed by atoms with Crippen molar-refractivity contribution in [2.45, 2.75) is 25.9 Å². The molecule has 0 spiro atoms. The minimum Gasteiger partial charge on any atom is -0.268 e. The molecular weight excluding hydrogens is 314 g/mol. The Balaban J connectivity index is 2.60. The molecule has 0 radical (unpaired) electrons. The van der Waals surface area contributed by atoms with Gasteiger partial charge in [0.1, 0.15) is 5.82 Å². The molecule has 1 aromatic heterocycles. The minimum atomic E-state index is -4.45. The Morgan fingerprint density at radius 2 is 1.90 bits per heavy atom. The quantitative estimate of drug-likeness (QED) is 0.829. The number of halogens is 5. The topological polar surface area (TPSA) is 30.7 Å². The molecule has 0 saturated carbocycles. The maximum atomic E-state index is 12.8. The monoisotopic (exact) mass is 323 g/mol. The van der Waals surface area contributed by atoms with Gasteiger partial charge in [0.15, 0.2) is 0 Å². The lowest BCUT2D eigenvalue weighted by molar-refractivity contribution is -0.137. The predicted octanol–water partition coefficient (Wildman–Crippen LogP) is 4.55. The summed E-state index contributed by atoms with van der Waals surface area (Å²) in [5.41, 5.74) is -0.677. The lowest BCUT2D eigenvalue weighted by Crippen LogP contribution is -2.08. The van der Waals surface area contributed by atoms with Crippen molar-refractivity contribution in [1.82, 2.24) is 14.8 Å². The number of rotatable bonds is 3. The molecule has 0 aliphatic heterocycles. The summed E-state index contributed by atoms with van der Waals surface area (Å²) in [5.74, 6) is 0.471. The van der Waals surface area contributed by atoms with Crippen LogP contribution < -0.4 is 0 Å². The highest BCUT2D eigenvalue weighted by Gasteiger charge is 2.31. The summed E-state index contributed by atoms with van der Waals surface area (Å²) < 4.78 is 39.7. The highest BCUT2D eigenvalue weighted by molar-refractivity contribution is 6.33. The zero-order valence-electron chi connectivity index (χ0n) is 10.4. The number of nitrogens with zero attached hydrogens (tertiary/aromatic N) is 3. The first-order valence-electron chi connectivity index (χ1n) is 5.81. The molecule has 0 aliphatic rings. The molecule has 1 heterocycles. The molecule has 0 saturated heterocycles. The fraction of sp³-hybridized carbons (Fsp3) is 0.333. The average Bonchev–Trinajstić information content (AvgIpc) is 2.70. The number of alkyl halides is 3. The molecule has 0 N–H and O–H groups in total. The van der Waals surface area contributed by atoms with Crippen LogP contribution in [0.25, 0.3) is 5.69 Å². The number of aryl methyl sites for hydroxylation is 1. The van der Waals surface area contributed by atoms with Gasteiger partial charge in [-0.25, -0.2) is 0 Å². The van der Waals surface area contributed by atoms with Crippen molar-refractivity contribution < 1.29 is 13.2 Å². The van der Waals surface area contributed by atoms with Gasteiger partial charge in [-0.1, -0.05) is 18.5 Å². The summed E-state index contributed by atoms with van der Waals surface area (Å²) in [6, 6.07) is 3.05. The molecule has 1 aromatic carbocycles. The van der Waals surface area contributed by atoms with Crippen LogP contribution in [0, 0.1) is 0 Å². The van der Waals surface area contributed by atoms with E-state index in [2.05, 4.69) is 10.2 Å². The SMILES string of the molecule is CCCc1nnc(Cl)n1-c1cc(C(F)(F)F)ccc1Cl. The number of aromatic nitrogens is 3. The van der Waals surface area contributed by atoms with E-state index in [0.29, 0.717) is 12.2 Å². The van der Waals surface area contributed by atoms with Crippen molar-refractivity contribution in [3.05, 3.63) is 39.9 Å². The van der Waals surface area contributed by atoms with Gasteiger partial charge in [-0.15, -0.1) is 10.2 Å². The standard InChI is InChI=1S/C12H10Cl2F3N3/c1-2-3-10-18-19-11(14)20(10)9-6-7(12(15,16)17)4-5-8(9)13/h4-6H,2-3H2,1H3. The fourth-order valence-electron chi connectivity index (χ4n) is 1.78. The fourth-order valence-corrected chi connectivity index (χ4v) is 2.21. The van der Waals surface area contributed by atoms with Crippen molar-refractivity contribution in [3.63, 3.8) is 0 Å². The second-order valence-corrected chi connectivity index (χ2v) is 4.88. The van der Waals surface area contributed by atoms with E-state index in [-0.39, 0.29) is 16.0 Å². The van der Waals surface area contributed by atoms with Crippen LogP contribution in [0.15, 0.2) is 18.2 Å². The molecule has 0 amide bonds. The third-order valence-electron chi connectivity index (χ3n) is 2.68. The van der Waals surface area contributed by atoms with Gasteiger partial charge < -0.3 is 0 Å². The Morgan fingerprint density at radius 3 is 2.50 bits per heavy atom. The summed E-state index contributed by atoms with van der Waals surface area (Å²) in [6.45, 7) is 1.92. The molecule has 3 nitrogen and oxygen atoms in total. The molecule has 2 aromatic rings. The normalized spacial score (nSPS) is 11.9. The minimum absolute atomic E-state index is 0.0188. The van der Waals surface area contributed by atoms with Gasteiger partial charge in [0.25, 0.3) is 0 Å². The van der Waals surface area contributed by atoms with Gasteiger partial charge in [0.2, 0.25) is 5.28 Å². The van der Waals surface area contributed by atoms with Crippen molar-refractivity contribution in [2.75, 3.05) is 0 Å². The van der Waals surface area contributed by atoms with Crippen molar-refractivity contribution >= 4 is 23.2 Å². The van der Waals surface area contributed by atoms with Gasteiger partial charge in [0.05, 0.1) is 16.3 Å². The van der Waals surface area contributed by atoms with E-state index in [9.17, 15) is 13.2 Å². The second-order valence-electron chi connectivity index (χ2n) is 4.13. The Labute approximate surface area is 123 Å². The number of hydrogen-bond acceptors (Lipinski definition) is 2. The molecule has 0 unspecified atom stereocenters. The van der Waals surface area contributed by atoms with Crippen LogP contribution in [0.1, 0.15) is 24.7 Å². The van der Waals surface area contributed by atoms with Gasteiger partial charge in [0, 0.05) is 6.42 Å². The summed E-state index contributed by atoms with van der Waals surface area (Å²) in [6.07, 6.45) is -3.16. The molecule has 20 heavy (non-hydrogen) atoms. The lowest BCUT2D eigenvalue weighted by Gasteiger charge is -2.13. The summed E-state index contributed by atoms with van der Waals surface area (Å²) in [7, 11) is 0. The maximum absolute atomic E-state index is 12.8. The van der Waals surface area contributed by atoms with Crippen LogP contribution in [0.2, 0.25) is 10.3 Å². The van der Waals surface area contributed by atoms with Crippen LogP contribution in [0.4, 0.5) is 13.2 Å².